The van der Waals surface area contributed by atoms with E-state index in [2.05, 4.69) is 17.2 Å². The van der Waals surface area contributed by atoms with Gasteiger partial charge in [-0.05, 0) is 23.6 Å². The van der Waals surface area contributed by atoms with Crippen molar-refractivity contribution in [2.24, 2.45) is 0 Å². The average molecular weight is 347 g/mol. The molecule has 5 unspecified atom stereocenters. The molecule has 1 aromatic rings. The van der Waals surface area contributed by atoms with E-state index in [4.69, 9.17) is 14.6 Å². The van der Waals surface area contributed by atoms with E-state index < -0.39 is 43.2 Å². The molecular formula is C18H21NO6. The van der Waals surface area contributed by atoms with Crippen molar-refractivity contribution in [1.82, 2.24) is 5.32 Å². The number of benzene rings is 1. The molecule has 0 radical (unpaired) electrons. The Bertz CT molecular complexity index is 649. The topological polar surface area (TPSA) is 108 Å². The summed E-state index contributed by atoms with van der Waals surface area (Å²) in [4.78, 5) is 11.9. The van der Waals surface area contributed by atoms with Gasteiger partial charge in [0.05, 0.1) is 6.61 Å². The van der Waals surface area contributed by atoms with E-state index in [1.54, 1.807) is 6.08 Å². The molecular weight excluding hydrogens is 326 g/mol. The number of nitrogens with one attached hydrogen (secondary N) is 1. The van der Waals surface area contributed by atoms with Crippen LogP contribution >= 0.6 is 0 Å². The van der Waals surface area contributed by atoms with Crippen molar-refractivity contribution in [3.05, 3.63) is 42.0 Å². The standard InChI is InChI=1S/C18H21NO6/c1-24-18-15(17(23)16(22)13(11-20)25-18)19-14(21)10-6-5-9-12-7-3-2-4-8-12/h2-5,7-9,13,15-18,20,22-23H,11H2,1H3,(H,19,21)/b9-5+. The Morgan fingerprint density at radius 3 is 2.68 bits per heavy atom. The van der Waals surface area contributed by atoms with Gasteiger partial charge in [-0.3, -0.25) is 4.79 Å². The Balaban J connectivity index is 1.97. The van der Waals surface area contributed by atoms with Gasteiger partial charge in [-0.2, -0.15) is 0 Å². The SMILES string of the molecule is COC1OC(CO)C(O)C(O)C1NC(=O)C#C/C=C/c1ccccc1. The Morgan fingerprint density at radius 2 is 2.04 bits per heavy atom. The Labute approximate surface area is 145 Å². The van der Waals surface area contributed by atoms with Crippen LogP contribution in [0.4, 0.5) is 0 Å². The van der Waals surface area contributed by atoms with Gasteiger partial charge in [-0.15, -0.1) is 0 Å². The highest BCUT2D eigenvalue weighted by Crippen LogP contribution is 2.21. The zero-order chi connectivity index (χ0) is 18.2. The zero-order valence-electron chi connectivity index (χ0n) is 13.7. The number of hydrogen-bond donors (Lipinski definition) is 4. The van der Waals surface area contributed by atoms with Gasteiger partial charge in [0, 0.05) is 7.11 Å². The van der Waals surface area contributed by atoms with Crippen molar-refractivity contribution < 1.29 is 29.6 Å². The molecule has 1 fully saturated rings. The maximum Gasteiger partial charge on any atom is 0.296 e. The fourth-order valence-corrected chi connectivity index (χ4v) is 2.43. The lowest BCUT2D eigenvalue weighted by molar-refractivity contribution is -0.262. The summed E-state index contributed by atoms with van der Waals surface area (Å²) >= 11 is 0. The van der Waals surface area contributed by atoms with Gasteiger partial charge in [0.2, 0.25) is 0 Å². The maximum absolute atomic E-state index is 11.9. The number of amides is 1. The van der Waals surface area contributed by atoms with Crippen molar-refractivity contribution in [2.75, 3.05) is 13.7 Å². The molecule has 0 saturated carbocycles. The summed E-state index contributed by atoms with van der Waals surface area (Å²) in [5.74, 6) is 4.31. The van der Waals surface area contributed by atoms with Gasteiger partial charge in [0.25, 0.3) is 5.91 Å². The first-order valence-corrected chi connectivity index (χ1v) is 7.75. The van der Waals surface area contributed by atoms with Crippen LogP contribution in [0.1, 0.15) is 5.56 Å². The minimum absolute atomic E-state index is 0.483. The van der Waals surface area contributed by atoms with Gasteiger partial charge in [0.1, 0.15) is 24.4 Å². The number of methoxy groups -OCH3 is 1. The first kappa shape index (κ1) is 19.1. The monoisotopic (exact) mass is 347 g/mol. The Morgan fingerprint density at radius 1 is 1.32 bits per heavy atom. The molecule has 1 aliphatic rings. The normalized spacial score (nSPS) is 29.0. The number of hydrogen-bond acceptors (Lipinski definition) is 6. The minimum Gasteiger partial charge on any atom is -0.394 e. The molecule has 25 heavy (non-hydrogen) atoms. The van der Waals surface area contributed by atoms with Gasteiger partial charge < -0.3 is 30.1 Å². The summed E-state index contributed by atoms with van der Waals surface area (Å²) in [6.45, 7) is -0.483. The largest absolute Gasteiger partial charge is 0.394 e. The summed E-state index contributed by atoms with van der Waals surface area (Å²) in [5.41, 5.74) is 0.950. The van der Waals surface area contributed by atoms with Crippen LogP contribution in [0.15, 0.2) is 36.4 Å². The molecule has 0 aliphatic carbocycles. The number of allylic oxidation sites excluding steroid dienone is 1. The van der Waals surface area contributed by atoms with Crippen molar-refractivity contribution in [3.8, 4) is 11.8 Å². The van der Waals surface area contributed by atoms with Crippen molar-refractivity contribution in [2.45, 2.75) is 30.6 Å². The van der Waals surface area contributed by atoms with Crippen molar-refractivity contribution >= 4 is 12.0 Å². The molecule has 0 bridgehead atoms. The highest BCUT2D eigenvalue weighted by atomic mass is 16.7. The second-order valence-electron chi connectivity index (χ2n) is 5.45. The summed E-state index contributed by atoms with van der Waals surface area (Å²) in [5, 5.41) is 31.6. The smallest absolute Gasteiger partial charge is 0.296 e. The van der Waals surface area contributed by atoms with Crippen LogP contribution in [0, 0.1) is 11.8 Å². The second kappa shape index (κ2) is 9.32. The fourth-order valence-electron chi connectivity index (χ4n) is 2.43. The fraction of sp³-hybridized carbons (Fsp3) is 0.389. The molecule has 1 aliphatic heterocycles. The molecule has 1 heterocycles. The lowest BCUT2D eigenvalue weighted by atomic mass is 9.97. The Kier molecular flexibility index (Phi) is 7.13. The number of carbonyl (C=O) groups excluding carboxylic acids is 1. The zero-order valence-corrected chi connectivity index (χ0v) is 13.7. The van der Waals surface area contributed by atoms with Crippen LogP contribution in [-0.2, 0) is 14.3 Å². The molecule has 7 nitrogen and oxygen atoms in total. The van der Waals surface area contributed by atoms with Crippen LogP contribution in [0.25, 0.3) is 6.08 Å². The molecule has 1 amide bonds. The lowest BCUT2D eigenvalue weighted by Gasteiger charge is -2.41. The van der Waals surface area contributed by atoms with Gasteiger partial charge in [0.15, 0.2) is 6.29 Å². The molecule has 5 atom stereocenters. The first-order valence-electron chi connectivity index (χ1n) is 7.75. The highest BCUT2D eigenvalue weighted by Gasteiger charge is 2.45. The average Bonchev–Trinajstić information content (AvgIpc) is 2.64. The van der Waals surface area contributed by atoms with Gasteiger partial charge >= 0.3 is 0 Å². The second-order valence-corrected chi connectivity index (χ2v) is 5.45. The minimum atomic E-state index is -1.36. The molecule has 0 spiro atoms. The summed E-state index contributed by atoms with van der Waals surface area (Å²) in [7, 11) is 1.33. The summed E-state index contributed by atoms with van der Waals surface area (Å²) in [6, 6.07) is 8.46. The summed E-state index contributed by atoms with van der Waals surface area (Å²) < 4.78 is 10.4. The van der Waals surface area contributed by atoms with E-state index in [1.165, 1.54) is 13.2 Å². The molecule has 1 saturated heterocycles. The molecule has 134 valence electrons. The van der Waals surface area contributed by atoms with Crippen LogP contribution < -0.4 is 5.32 Å². The van der Waals surface area contributed by atoms with E-state index in [9.17, 15) is 15.0 Å². The number of carbonyl (C=O) groups is 1. The van der Waals surface area contributed by atoms with Gasteiger partial charge in [-0.25, -0.2) is 0 Å². The predicted octanol–water partition coefficient (Wildman–Crippen LogP) is -0.727. The van der Waals surface area contributed by atoms with Crippen molar-refractivity contribution in [3.63, 3.8) is 0 Å². The first-order chi connectivity index (χ1) is 12.1. The van der Waals surface area contributed by atoms with E-state index in [0.29, 0.717) is 0 Å². The molecule has 7 heteroatoms. The van der Waals surface area contributed by atoms with Crippen molar-refractivity contribution in [1.29, 1.82) is 0 Å². The third-order valence-corrected chi connectivity index (χ3v) is 3.76. The molecule has 4 N–H and O–H groups in total. The quantitative estimate of drug-likeness (QED) is 0.535. The number of rotatable bonds is 4. The molecule has 1 aromatic carbocycles. The third kappa shape index (κ3) is 5.13. The lowest BCUT2D eigenvalue weighted by Crippen LogP contribution is -2.64. The number of aliphatic hydroxyl groups is 3. The summed E-state index contributed by atoms with van der Waals surface area (Å²) in [6.07, 6.45) is -1.43. The van der Waals surface area contributed by atoms with Crippen LogP contribution in [-0.4, -0.2) is 65.6 Å². The predicted molar refractivity (Wildman–Crippen MR) is 90.0 cm³/mol. The Hall–Kier alpha value is -2.21. The van der Waals surface area contributed by atoms with E-state index in [-0.39, 0.29) is 0 Å². The number of aliphatic hydroxyl groups excluding tert-OH is 3. The van der Waals surface area contributed by atoms with E-state index in [0.717, 1.165) is 5.56 Å². The highest BCUT2D eigenvalue weighted by molar-refractivity contribution is 5.94. The maximum atomic E-state index is 11.9. The van der Waals surface area contributed by atoms with Gasteiger partial charge in [-0.1, -0.05) is 36.3 Å². The third-order valence-electron chi connectivity index (χ3n) is 3.76. The van der Waals surface area contributed by atoms with Crippen LogP contribution in [0.2, 0.25) is 0 Å². The van der Waals surface area contributed by atoms with Crippen LogP contribution in [0.5, 0.6) is 0 Å². The number of ether oxygens (including phenoxy) is 2. The molecule has 2 rings (SSSR count). The van der Waals surface area contributed by atoms with Crippen LogP contribution in [0.3, 0.4) is 0 Å². The van der Waals surface area contributed by atoms with E-state index >= 15 is 0 Å². The molecule has 0 aromatic heterocycles. The van der Waals surface area contributed by atoms with E-state index in [1.807, 2.05) is 30.3 Å².